The number of hydrogen-bond acceptors (Lipinski definition) is 2. The largest absolute Gasteiger partial charge is 0.368 e. The molecule has 0 saturated carbocycles. The summed E-state index contributed by atoms with van der Waals surface area (Å²) >= 11 is 0. The molecule has 4 heteroatoms. The second-order valence-electron chi connectivity index (χ2n) is 6.89. The fourth-order valence-corrected chi connectivity index (χ4v) is 3.52. The lowest BCUT2D eigenvalue weighted by atomic mass is 10.2. The highest BCUT2D eigenvalue weighted by atomic mass is 16.2. The number of piperazine rings is 1. The number of H-pyrrole nitrogens is 1. The number of carbonyl (C=O) groups is 1. The van der Waals surface area contributed by atoms with Crippen LogP contribution in [0.2, 0.25) is 0 Å². The smallest absolute Gasteiger partial charge is 0.270 e. The van der Waals surface area contributed by atoms with Gasteiger partial charge in [-0.3, -0.25) is 4.79 Å². The number of nitrogens with zero attached hydrogens (tertiary/aromatic N) is 2. The Kier molecular flexibility index (Phi) is 3.96. The van der Waals surface area contributed by atoms with Gasteiger partial charge in [0.1, 0.15) is 5.69 Å². The molecule has 3 aromatic rings. The number of fused-ring (bicyclic) bond motifs is 1. The van der Waals surface area contributed by atoms with Crippen molar-refractivity contribution >= 4 is 22.5 Å². The average molecular weight is 333 g/mol. The predicted octanol–water partition coefficient (Wildman–Crippen LogP) is 3.75. The van der Waals surface area contributed by atoms with Gasteiger partial charge in [-0.05, 0) is 49.2 Å². The van der Waals surface area contributed by atoms with Gasteiger partial charge < -0.3 is 14.8 Å². The van der Waals surface area contributed by atoms with Gasteiger partial charge in [0.25, 0.3) is 5.91 Å². The Morgan fingerprint density at radius 3 is 2.44 bits per heavy atom. The van der Waals surface area contributed by atoms with Gasteiger partial charge >= 0.3 is 0 Å². The van der Waals surface area contributed by atoms with Crippen molar-refractivity contribution in [2.45, 2.75) is 13.8 Å². The van der Waals surface area contributed by atoms with Crippen LogP contribution in [0.25, 0.3) is 10.9 Å². The van der Waals surface area contributed by atoms with Gasteiger partial charge in [-0.1, -0.05) is 24.3 Å². The third-order valence-electron chi connectivity index (χ3n) is 4.94. The molecule has 1 amide bonds. The van der Waals surface area contributed by atoms with E-state index in [1.807, 2.05) is 11.0 Å². The topological polar surface area (TPSA) is 39.3 Å². The average Bonchev–Trinajstić information content (AvgIpc) is 3.04. The second-order valence-corrected chi connectivity index (χ2v) is 6.89. The van der Waals surface area contributed by atoms with Crippen LogP contribution >= 0.6 is 0 Å². The molecule has 4 rings (SSSR count). The minimum Gasteiger partial charge on any atom is -0.368 e. The fraction of sp³-hybridized carbons (Fsp3) is 0.286. The Morgan fingerprint density at radius 2 is 1.68 bits per heavy atom. The zero-order chi connectivity index (χ0) is 17.4. The number of anilines is 1. The molecule has 0 aliphatic carbocycles. The zero-order valence-electron chi connectivity index (χ0n) is 14.7. The molecule has 2 aromatic carbocycles. The van der Waals surface area contributed by atoms with Gasteiger partial charge in [-0.2, -0.15) is 0 Å². The Bertz CT molecular complexity index is 920. The maximum atomic E-state index is 12.8. The van der Waals surface area contributed by atoms with E-state index in [2.05, 4.69) is 66.2 Å². The highest BCUT2D eigenvalue weighted by Crippen LogP contribution is 2.21. The highest BCUT2D eigenvalue weighted by Gasteiger charge is 2.23. The number of aromatic amines is 1. The van der Waals surface area contributed by atoms with Crippen molar-refractivity contribution in [3.63, 3.8) is 0 Å². The summed E-state index contributed by atoms with van der Waals surface area (Å²) in [5, 5.41) is 1.09. The fourth-order valence-electron chi connectivity index (χ4n) is 3.52. The molecule has 1 aliphatic heterocycles. The van der Waals surface area contributed by atoms with Crippen LogP contribution in [0, 0.1) is 13.8 Å². The van der Waals surface area contributed by atoms with Crippen LogP contribution < -0.4 is 4.90 Å². The van der Waals surface area contributed by atoms with Gasteiger partial charge in [-0.15, -0.1) is 0 Å². The predicted molar refractivity (Wildman–Crippen MR) is 102 cm³/mol. The molecule has 1 saturated heterocycles. The molecular formula is C21H23N3O. The third-order valence-corrected chi connectivity index (χ3v) is 4.94. The van der Waals surface area contributed by atoms with E-state index >= 15 is 0 Å². The van der Waals surface area contributed by atoms with Crippen LogP contribution in [0.5, 0.6) is 0 Å². The highest BCUT2D eigenvalue weighted by molar-refractivity contribution is 5.98. The number of amides is 1. The van der Waals surface area contributed by atoms with Gasteiger partial charge in [0, 0.05) is 42.8 Å². The van der Waals surface area contributed by atoms with Gasteiger partial charge in [-0.25, -0.2) is 0 Å². The number of benzene rings is 2. The Morgan fingerprint density at radius 1 is 0.920 bits per heavy atom. The van der Waals surface area contributed by atoms with Crippen LogP contribution in [0.3, 0.4) is 0 Å². The summed E-state index contributed by atoms with van der Waals surface area (Å²) in [7, 11) is 0. The quantitative estimate of drug-likeness (QED) is 0.776. The molecule has 128 valence electrons. The SMILES string of the molecule is Cc1cccc(N2CCN(C(=O)c3cc4ccc(C)cc4[nH]3)CC2)c1. The lowest BCUT2D eigenvalue weighted by Crippen LogP contribution is -2.48. The first-order chi connectivity index (χ1) is 12.1. The first kappa shape index (κ1) is 15.8. The number of hydrogen-bond donors (Lipinski definition) is 1. The minimum atomic E-state index is 0.0951. The first-order valence-electron chi connectivity index (χ1n) is 8.80. The van der Waals surface area contributed by atoms with Gasteiger partial charge in [0.2, 0.25) is 0 Å². The molecule has 25 heavy (non-hydrogen) atoms. The van der Waals surface area contributed by atoms with E-state index in [1.54, 1.807) is 0 Å². The molecule has 0 unspecified atom stereocenters. The van der Waals surface area contributed by atoms with Gasteiger partial charge in [0.15, 0.2) is 0 Å². The molecule has 0 bridgehead atoms. The standard InChI is InChI=1S/C21H23N3O/c1-15-4-3-5-18(12-15)23-8-10-24(11-9-23)21(25)20-14-17-7-6-16(2)13-19(17)22-20/h3-7,12-14,22H,8-11H2,1-2H3. The van der Waals surface area contributed by atoms with Crippen LogP contribution in [-0.4, -0.2) is 42.0 Å². The van der Waals surface area contributed by atoms with Crippen LogP contribution in [-0.2, 0) is 0 Å². The summed E-state index contributed by atoms with van der Waals surface area (Å²) in [6, 6.07) is 16.7. The number of nitrogens with one attached hydrogen (secondary N) is 1. The second kappa shape index (κ2) is 6.28. The lowest BCUT2D eigenvalue weighted by molar-refractivity contribution is 0.0742. The molecule has 2 heterocycles. The molecule has 0 radical (unpaired) electrons. The summed E-state index contributed by atoms with van der Waals surface area (Å²) in [6.45, 7) is 7.42. The number of aromatic nitrogens is 1. The van der Waals surface area contributed by atoms with E-state index < -0.39 is 0 Å². The van der Waals surface area contributed by atoms with E-state index in [4.69, 9.17) is 0 Å². The third kappa shape index (κ3) is 3.12. The number of aryl methyl sites for hydroxylation is 2. The van der Waals surface area contributed by atoms with Crippen molar-refractivity contribution < 1.29 is 4.79 Å². The van der Waals surface area contributed by atoms with Crippen LogP contribution in [0.1, 0.15) is 21.6 Å². The molecule has 1 N–H and O–H groups in total. The van der Waals surface area contributed by atoms with E-state index in [0.717, 1.165) is 37.1 Å². The molecule has 1 aromatic heterocycles. The Hall–Kier alpha value is -2.75. The Labute approximate surface area is 148 Å². The van der Waals surface area contributed by atoms with Crippen LogP contribution in [0.4, 0.5) is 5.69 Å². The molecule has 0 atom stereocenters. The number of carbonyl (C=O) groups excluding carboxylic acids is 1. The normalized spacial score (nSPS) is 15.0. The molecule has 1 fully saturated rings. The monoisotopic (exact) mass is 333 g/mol. The maximum absolute atomic E-state index is 12.8. The molecule has 1 aliphatic rings. The first-order valence-corrected chi connectivity index (χ1v) is 8.80. The van der Waals surface area contributed by atoms with Crippen molar-refractivity contribution in [1.82, 2.24) is 9.88 Å². The van der Waals surface area contributed by atoms with Crippen molar-refractivity contribution in [2.75, 3.05) is 31.1 Å². The summed E-state index contributed by atoms with van der Waals surface area (Å²) in [6.07, 6.45) is 0. The Balaban J connectivity index is 1.47. The van der Waals surface area contributed by atoms with E-state index in [9.17, 15) is 4.79 Å². The van der Waals surface area contributed by atoms with Crippen molar-refractivity contribution in [3.05, 3.63) is 65.4 Å². The minimum absolute atomic E-state index is 0.0951. The summed E-state index contributed by atoms with van der Waals surface area (Å²) in [5.74, 6) is 0.0951. The van der Waals surface area contributed by atoms with E-state index in [-0.39, 0.29) is 5.91 Å². The number of rotatable bonds is 2. The summed E-state index contributed by atoms with van der Waals surface area (Å²) in [4.78, 5) is 20.4. The van der Waals surface area contributed by atoms with E-state index in [0.29, 0.717) is 5.69 Å². The lowest BCUT2D eigenvalue weighted by Gasteiger charge is -2.36. The molecule has 4 nitrogen and oxygen atoms in total. The maximum Gasteiger partial charge on any atom is 0.270 e. The molecule has 0 spiro atoms. The van der Waals surface area contributed by atoms with Crippen molar-refractivity contribution in [3.8, 4) is 0 Å². The summed E-state index contributed by atoms with van der Waals surface area (Å²) in [5.41, 5.74) is 5.42. The molecular weight excluding hydrogens is 310 g/mol. The van der Waals surface area contributed by atoms with Crippen molar-refractivity contribution in [1.29, 1.82) is 0 Å². The van der Waals surface area contributed by atoms with Crippen molar-refractivity contribution in [2.24, 2.45) is 0 Å². The summed E-state index contributed by atoms with van der Waals surface area (Å²) < 4.78 is 0. The van der Waals surface area contributed by atoms with Gasteiger partial charge in [0.05, 0.1) is 0 Å². The van der Waals surface area contributed by atoms with Crippen LogP contribution in [0.15, 0.2) is 48.5 Å². The zero-order valence-corrected chi connectivity index (χ0v) is 14.7. The van der Waals surface area contributed by atoms with E-state index in [1.165, 1.54) is 16.8 Å².